The summed E-state index contributed by atoms with van der Waals surface area (Å²) >= 11 is 5.64. The van der Waals surface area contributed by atoms with Crippen molar-refractivity contribution in [3.05, 3.63) is 53.6 Å². The van der Waals surface area contributed by atoms with E-state index >= 15 is 0 Å². The Morgan fingerprint density at radius 2 is 1.94 bits per heavy atom. The van der Waals surface area contributed by atoms with Gasteiger partial charge in [0.05, 0.1) is 12.4 Å². The number of carbonyl (C=O) groups excluding carboxylic acids is 1. The third-order valence-corrected chi connectivity index (χ3v) is 2.05. The first kappa shape index (κ1) is 10.6. The Kier molecular flexibility index (Phi) is 3.12. The van der Waals surface area contributed by atoms with Crippen molar-refractivity contribution >= 4 is 23.2 Å². The second-order valence-corrected chi connectivity index (χ2v) is 3.43. The third-order valence-electron chi connectivity index (χ3n) is 1.87. The smallest absolute Gasteiger partial charge is 0.275 e. The van der Waals surface area contributed by atoms with Crippen LogP contribution in [0.25, 0.3) is 0 Å². The van der Waals surface area contributed by atoms with Gasteiger partial charge in [0.25, 0.3) is 5.91 Å². The Hall–Kier alpha value is -1.94. The third kappa shape index (κ3) is 2.55. The van der Waals surface area contributed by atoms with E-state index in [4.69, 9.17) is 11.6 Å². The van der Waals surface area contributed by atoms with Crippen molar-refractivity contribution in [1.82, 2.24) is 9.97 Å². The number of anilines is 1. The molecule has 0 aliphatic rings. The van der Waals surface area contributed by atoms with E-state index in [1.165, 1.54) is 12.4 Å². The van der Waals surface area contributed by atoms with Gasteiger partial charge in [0, 0.05) is 5.69 Å². The highest BCUT2D eigenvalue weighted by Crippen LogP contribution is 2.08. The fourth-order valence-corrected chi connectivity index (χ4v) is 1.32. The van der Waals surface area contributed by atoms with Gasteiger partial charge in [0.2, 0.25) is 0 Å². The van der Waals surface area contributed by atoms with Gasteiger partial charge >= 0.3 is 0 Å². The zero-order valence-corrected chi connectivity index (χ0v) is 8.98. The zero-order valence-electron chi connectivity index (χ0n) is 8.22. The van der Waals surface area contributed by atoms with Gasteiger partial charge in [0.15, 0.2) is 0 Å². The van der Waals surface area contributed by atoms with E-state index in [2.05, 4.69) is 15.3 Å². The molecule has 0 saturated carbocycles. The van der Waals surface area contributed by atoms with Crippen molar-refractivity contribution in [2.45, 2.75) is 0 Å². The number of benzene rings is 1. The van der Waals surface area contributed by atoms with Crippen molar-refractivity contribution in [3.8, 4) is 0 Å². The van der Waals surface area contributed by atoms with Crippen LogP contribution in [0.2, 0.25) is 5.15 Å². The lowest BCUT2D eigenvalue weighted by molar-refractivity contribution is 0.102. The molecule has 0 spiro atoms. The first-order valence-electron chi connectivity index (χ1n) is 4.59. The van der Waals surface area contributed by atoms with Crippen LogP contribution < -0.4 is 5.32 Å². The van der Waals surface area contributed by atoms with Crippen LogP contribution in [0.4, 0.5) is 5.69 Å². The highest BCUT2D eigenvalue weighted by Gasteiger charge is 2.08. The molecule has 5 heteroatoms. The van der Waals surface area contributed by atoms with E-state index in [1.54, 1.807) is 12.1 Å². The summed E-state index contributed by atoms with van der Waals surface area (Å²) < 4.78 is 0. The van der Waals surface area contributed by atoms with E-state index < -0.39 is 0 Å². The Morgan fingerprint density at radius 3 is 2.62 bits per heavy atom. The molecule has 16 heavy (non-hydrogen) atoms. The van der Waals surface area contributed by atoms with E-state index in [0.717, 1.165) is 0 Å². The molecule has 0 unspecified atom stereocenters. The second kappa shape index (κ2) is 4.72. The maximum atomic E-state index is 11.7. The summed E-state index contributed by atoms with van der Waals surface area (Å²) in [6, 6.07) is 9.11. The van der Waals surface area contributed by atoms with Crippen LogP contribution in [0.1, 0.15) is 10.5 Å². The van der Waals surface area contributed by atoms with E-state index in [0.29, 0.717) is 5.69 Å². The van der Waals surface area contributed by atoms with E-state index in [9.17, 15) is 4.79 Å². The maximum Gasteiger partial charge on any atom is 0.275 e. The number of nitrogens with one attached hydrogen (secondary N) is 1. The standard InChI is InChI=1S/C11H8ClN3O/c12-10-7-13-6-9(15-10)11(16)14-8-4-2-1-3-5-8/h1-7H,(H,14,16). The van der Waals surface area contributed by atoms with Gasteiger partial charge in [-0.05, 0) is 12.1 Å². The van der Waals surface area contributed by atoms with Gasteiger partial charge in [0.1, 0.15) is 10.8 Å². The molecule has 0 radical (unpaired) electrons. The van der Waals surface area contributed by atoms with Gasteiger partial charge in [-0.1, -0.05) is 29.8 Å². The minimum absolute atomic E-state index is 0.191. The van der Waals surface area contributed by atoms with Gasteiger partial charge in [-0.3, -0.25) is 9.78 Å². The Morgan fingerprint density at radius 1 is 1.19 bits per heavy atom. The number of rotatable bonds is 2. The predicted molar refractivity (Wildman–Crippen MR) is 61.4 cm³/mol. The van der Waals surface area contributed by atoms with E-state index in [-0.39, 0.29) is 16.8 Å². The Bertz CT molecular complexity index is 502. The molecule has 0 aliphatic heterocycles. The molecule has 2 aromatic rings. The highest BCUT2D eigenvalue weighted by molar-refractivity contribution is 6.29. The molecule has 1 aromatic carbocycles. The lowest BCUT2D eigenvalue weighted by Crippen LogP contribution is -2.13. The number of aromatic nitrogens is 2. The molecule has 1 amide bonds. The van der Waals surface area contributed by atoms with Crippen LogP contribution >= 0.6 is 11.6 Å². The summed E-state index contributed by atoms with van der Waals surface area (Å²) in [7, 11) is 0. The molecule has 80 valence electrons. The molecule has 0 saturated heterocycles. The van der Waals surface area contributed by atoms with Crippen molar-refractivity contribution in [3.63, 3.8) is 0 Å². The molecule has 0 aliphatic carbocycles. The van der Waals surface area contributed by atoms with Crippen molar-refractivity contribution in [2.24, 2.45) is 0 Å². The summed E-state index contributed by atoms with van der Waals surface area (Å²) in [5, 5.41) is 2.88. The summed E-state index contributed by atoms with van der Waals surface area (Å²) in [6.45, 7) is 0. The fraction of sp³-hybridized carbons (Fsp3) is 0. The minimum atomic E-state index is -0.332. The average molecular weight is 234 g/mol. The Balaban J connectivity index is 2.15. The topological polar surface area (TPSA) is 54.9 Å². The molecule has 0 bridgehead atoms. The number of para-hydroxylation sites is 1. The number of nitrogens with zero attached hydrogens (tertiary/aromatic N) is 2. The van der Waals surface area contributed by atoms with Gasteiger partial charge in [-0.15, -0.1) is 0 Å². The van der Waals surface area contributed by atoms with Crippen molar-refractivity contribution in [1.29, 1.82) is 0 Å². The molecule has 1 aromatic heterocycles. The SMILES string of the molecule is O=C(Nc1ccccc1)c1cncc(Cl)n1. The normalized spacial score (nSPS) is 9.81. The molecule has 4 nitrogen and oxygen atoms in total. The molecule has 1 N–H and O–H groups in total. The van der Waals surface area contributed by atoms with Crippen LogP contribution in [0.15, 0.2) is 42.7 Å². The lowest BCUT2D eigenvalue weighted by Gasteiger charge is -2.03. The molecule has 0 fully saturated rings. The minimum Gasteiger partial charge on any atom is -0.321 e. The van der Waals surface area contributed by atoms with Gasteiger partial charge in [-0.2, -0.15) is 0 Å². The largest absolute Gasteiger partial charge is 0.321 e. The average Bonchev–Trinajstić information content (AvgIpc) is 2.30. The number of carbonyl (C=O) groups is 1. The van der Waals surface area contributed by atoms with Crippen LogP contribution in [0.5, 0.6) is 0 Å². The molecule has 0 atom stereocenters. The van der Waals surface area contributed by atoms with Crippen LogP contribution in [-0.2, 0) is 0 Å². The number of amides is 1. The van der Waals surface area contributed by atoms with E-state index in [1.807, 2.05) is 18.2 Å². The quantitative estimate of drug-likeness (QED) is 0.867. The molecule has 1 heterocycles. The van der Waals surface area contributed by atoms with Crippen LogP contribution in [-0.4, -0.2) is 15.9 Å². The van der Waals surface area contributed by atoms with Crippen molar-refractivity contribution in [2.75, 3.05) is 5.32 Å². The molecular weight excluding hydrogens is 226 g/mol. The second-order valence-electron chi connectivity index (χ2n) is 3.05. The summed E-state index contributed by atoms with van der Waals surface area (Å²) in [6.07, 6.45) is 2.74. The zero-order chi connectivity index (χ0) is 11.4. The van der Waals surface area contributed by atoms with Gasteiger partial charge < -0.3 is 5.32 Å². The summed E-state index contributed by atoms with van der Waals surface area (Å²) in [4.78, 5) is 19.3. The highest BCUT2D eigenvalue weighted by atomic mass is 35.5. The number of hydrogen-bond acceptors (Lipinski definition) is 3. The number of hydrogen-bond donors (Lipinski definition) is 1. The first-order chi connectivity index (χ1) is 7.75. The van der Waals surface area contributed by atoms with Crippen LogP contribution in [0.3, 0.4) is 0 Å². The fourth-order valence-electron chi connectivity index (χ4n) is 1.17. The monoisotopic (exact) mass is 233 g/mol. The molecular formula is C11H8ClN3O. The number of halogens is 1. The maximum absolute atomic E-state index is 11.7. The van der Waals surface area contributed by atoms with Crippen LogP contribution in [0, 0.1) is 0 Å². The summed E-state index contributed by atoms with van der Waals surface area (Å²) in [5.74, 6) is -0.332. The van der Waals surface area contributed by atoms with Gasteiger partial charge in [-0.25, -0.2) is 4.98 Å². The lowest BCUT2D eigenvalue weighted by atomic mass is 10.3. The summed E-state index contributed by atoms with van der Waals surface area (Å²) in [5.41, 5.74) is 0.894. The molecule has 2 rings (SSSR count). The first-order valence-corrected chi connectivity index (χ1v) is 4.97. The Labute approximate surface area is 97.3 Å². The predicted octanol–water partition coefficient (Wildman–Crippen LogP) is 2.38. The van der Waals surface area contributed by atoms with Crippen molar-refractivity contribution < 1.29 is 4.79 Å².